The molecule has 9 heteroatoms. The van der Waals surface area contributed by atoms with Crippen LogP contribution >= 0.6 is 7.80 Å². The van der Waals surface area contributed by atoms with Crippen LogP contribution in [0.3, 0.4) is 0 Å². The van der Waals surface area contributed by atoms with Crippen LogP contribution in [0.5, 0.6) is 0 Å². The molecule has 0 amide bonds. The molecular formula is C21H25N5O3P+. The third-order valence-corrected chi connectivity index (χ3v) is 6.76. The Kier molecular flexibility index (Phi) is 5.46. The van der Waals surface area contributed by atoms with Gasteiger partial charge in [0.25, 0.3) is 0 Å². The van der Waals surface area contributed by atoms with Crippen LogP contribution in [0.2, 0.25) is 0 Å². The predicted molar refractivity (Wildman–Crippen MR) is 116 cm³/mol. The van der Waals surface area contributed by atoms with Crippen LogP contribution < -0.4 is 10.2 Å². The van der Waals surface area contributed by atoms with Crippen molar-refractivity contribution in [1.29, 1.82) is 0 Å². The normalized spacial score (nSPS) is 20.5. The van der Waals surface area contributed by atoms with Gasteiger partial charge in [-0.1, -0.05) is 4.57 Å². The molecule has 2 aliphatic heterocycles. The molecule has 0 N–H and O–H groups in total. The van der Waals surface area contributed by atoms with E-state index in [9.17, 15) is 4.57 Å². The van der Waals surface area contributed by atoms with Crippen LogP contribution in [0.4, 0.5) is 5.82 Å². The fourth-order valence-electron chi connectivity index (χ4n) is 4.17. The summed E-state index contributed by atoms with van der Waals surface area (Å²) in [6, 6.07) is 5.81. The van der Waals surface area contributed by atoms with E-state index in [1.54, 1.807) is 19.1 Å². The Labute approximate surface area is 176 Å². The number of fused-ring (bicyclic) bond motifs is 1. The van der Waals surface area contributed by atoms with Crippen molar-refractivity contribution in [2.75, 3.05) is 44.5 Å². The first kappa shape index (κ1) is 19.5. The summed E-state index contributed by atoms with van der Waals surface area (Å²) in [7, 11) is -1.55. The van der Waals surface area contributed by atoms with Gasteiger partial charge in [0.2, 0.25) is 5.30 Å². The molecule has 156 valence electrons. The number of morpholine rings is 1. The summed E-state index contributed by atoms with van der Waals surface area (Å²) >= 11 is 0. The number of aromatic nitrogens is 4. The highest BCUT2D eigenvalue weighted by molar-refractivity contribution is 7.53. The first-order valence-electron chi connectivity index (χ1n) is 10.4. The second kappa shape index (κ2) is 8.38. The summed E-state index contributed by atoms with van der Waals surface area (Å²) < 4.78 is 26.0. The molecule has 2 atom stereocenters. The molecule has 5 heterocycles. The van der Waals surface area contributed by atoms with E-state index in [0.29, 0.717) is 13.2 Å². The monoisotopic (exact) mass is 426 g/mol. The number of pyridine rings is 2. The minimum atomic E-state index is -1.55. The van der Waals surface area contributed by atoms with Crippen molar-refractivity contribution in [2.24, 2.45) is 0 Å². The van der Waals surface area contributed by atoms with Crippen molar-refractivity contribution in [3.05, 3.63) is 30.6 Å². The summed E-state index contributed by atoms with van der Waals surface area (Å²) in [6.07, 6.45) is 6.57. The number of rotatable bonds is 4. The van der Waals surface area contributed by atoms with Crippen molar-refractivity contribution in [1.82, 2.24) is 19.7 Å². The van der Waals surface area contributed by atoms with E-state index in [2.05, 4.69) is 15.0 Å². The van der Waals surface area contributed by atoms with Gasteiger partial charge in [0.05, 0.1) is 24.3 Å². The molecule has 30 heavy (non-hydrogen) atoms. The Balaban J connectivity index is 1.67. The summed E-state index contributed by atoms with van der Waals surface area (Å²) in [4.78, 5) is 11.8. The summed E-state index contributed by atoms with van der Waals surface area (Å²) in [5.41, 5.74) is 2.36. The summed E-state index contributed by atoms with van der Waals surface area (Å²) in [6.45, 7) is 5.35. The highest BCUT2D eigenvalue weighted by Crippen LogP contribution is 2.33. The van der Waals surface area contributed by atoms with Gasteiger partial charge >= 0.3 is 7.80 Å². The van der Waals surface area contributed by atoms with Crippen molar-refractivity contribution in [3.8, 4) is 11.4 Å². The molecule has 0 radical (unpaired) electrons. The fraction of sp³-hybridized carbons (Fsp3) is 0.476. The number of hydrogen-bond acceptors (Lipinski definition) is 7. The Bertz CT molecular complexity index is 1070. The predicted octanol–water partition coefficient (Wildman–Crippen LogP) is 3.11. The molecule has 0 saturated carbocycles. The Morgan fingerprint density at radius 2 is 2.00 bits per heavy atom. The molecule has 2 aliphatic rings. The zero-order chi connectivity index (χ0) is 20.5. The number of anilines is 1. The lowest BCUT2D eigenvalue weighted by atomic mass is 10.1. The fourth-order valence-corrected chi connectivity index (χ4v) is 4.99. The maximum Gasteiger partial charge on any atom is 0.374 e. The van der Waals surface area contributed by atoms with Crippen LogP contribution in [-0.2, 0) is 14.0 Å². The Hall–Kier alpha value is -2.41. The Morgan fingerprint density at radius 3 is 2.77 bits per heavy atom. The van der Waals surface area contributed by atoms with Crippen molar-refractivity contribution < 1.29 is 14.0 Å². The van der Waals surface area contributed by atoms with E-state index < -0.39 is 7.80 Å². The highest BCUT2D eigenvalue weighted by atomic mass is 31.1. The van der Waals surface area contributed by atoms with Gasteiger partial charge in [-0.2, -0.15) is 5.10 Å². The van der Waals surface area contributed by atoms with Crippen LogP contribution in [-0.4, -0.2) is 59.3 Å². The third kappa shape index (κ3) is 3.60. The minimum absolute atomic E-state index is 0.0921. The van der Waals surface area contributed by atoms with Gasteiger partial charge in [0.1, 0.15) is 23.7 Å². The molecule has 5 rings (SSSR count). The van der Waals surface area contributed by atoms with E-state index in [4.69, 9.17) is 14.5 Å². The zero-order valence-corrected chi connectivity index (χ0v) is 17.9. The molecule has 3 aromatic rings. The average molecular weight is 426 g/mol. The van der Waals surface area contributed by atoms with E-state index in [-0.39, 0.29) is 6.23 Å². The van der Waals surface area contributed by atoms with Crippen molar-refractivity contribution in [2.45, 2.75) is 25.5 Å². The third-order valence-electron chi connectivity index (χ3n) is 5.71. The summed E-state index contributed by atoms with van der Waals surface area (Å²) in [5, 5.41) is 6.21. The molecule has 0 bridgehead atoms. The second-order valence-corrected chi connectivity index (χ2v) is 9.11. The van der Waals surface area contributed by atoms with Gasteiger partial charge in [-0.15, -0.1) is 0 Å². The lowest BCUT2D eigenvalue weighted by Gasteiger charge is -2.28. The van der Waals surface area contributed by atoms with Gasteiger partial charge < -0.3 is 14.4 Å². The lowest BCUT2D eigenvalue weighted by molar-refractivity contribution is -0.0383. The van der Waals surface area contributed by atoms with E-state index in [1.807, 2.05) is 22.9 Å². The topological polar surface area (TPSA) is 82.4 Å². The molecule has 3 aromatic heterocycles. The number of ether oxygens (including phenoxy) is 2. The molecule has 0 aromatic carbocycles. The number of hydrogen-bond donors (Lipinski definition) is 0. The molecular weight excluding hydrogens is 401 g/mol. The van der Waals surface area contributed by atoms with Crippen molar-refractivity contribution >= 4 is 29.8 Å². The SMILES string of the molecule is C[P+](=O)c1cc(N2CCOCC2)nc2c(-c3ccnn3C3CCCCO3)nccc12. The molecule has 2 unspecified atom stereocenters. The molecule has 2 saturated heterocycles. The average Bonchev–Trinajstić information content (AvgIpc) is 3.29. The lowest BCUT2D eigenvalue weighted by Crippen LogP contribution is -2.37. The molecule has 0 spiro atoms. The molecule has 2 fully saturated rings. The van der Waals surface area contributed by atoms with Crippen LogP contribution in [0.1, 0.15) is 25.5 Å². The Morgan fingerprint density at radius 1 is 1.13 bits per heavy atom. The van der Waals surface area contributed by atoms with Gasteiger partial charge in [0.15, 0.2) is 6.23 Å². The van der Waals surface area contributed by atoms with Gasteiger partial charge in [-0.3, -0.25) is 4.98 Å². The second-order valence-electron chi connectivity index (χ2n) is 7.63. The first-order valence-corrected chi connectivity index (χ1v) is 12.1. The van der Waals surface area contributed by atoms with Gasteiger partial charge in [-0.25, -0.2) is 9.67 Å². The van der Waals surface area contributed by atoms with E-state index >= 15 is 0 Å². The number of nitrogens with zero attached hydrogens (tertiary/aromatic N) is 5. The molecule has 0 aliphatic carbocycles. The first-order chi connectivity index (χ1) is 14.7. The maximum atomic E-state index is 12.6. The zero-order valence-electron chi connectivity index (χ0n) is 17.0. The standard InChI is InChI=1S/C21H25N5O3P/c1-30(27)17-14-18(25-9-12-28-13-10-25)24-20-15(17)5-7-22-21(20)16-6-8-23-26(16)19-4-2-3-11-29-19/h5-8,14,19H,2-4,9-13H2,1H3/q+1. The molecule has 8 nitrogen and oxygen atoms in total. The van der Waals surface area contributed by atoms with E-state index in [0.717, 1.165) is 72.4 Å². The summed E-state index contributed by atoms with van der Waals surface area (Å²) in [5.74, 6) is 0.820. The van der Waals surface area contributed by atoms with Crippen LogP contribution in [0.25, 0.3) is 22.3 Å². The largest absolute Gasteiger partial charge is 0.378 e. The van der Waals surface area contributed by atoms with E-state index in [1.165, 1.54) is 0 Å². The van der Waals surface area contributed by atoms with Crippen molar-refractivity contribution in [3.63, 3.8) is 0 Å². The highest BCUT2D eigenvalue weighted by Gasteiger charge is 2.26. The van der Waals surface area contributed by atoms with Gasteiger partial charge in [0, 0.05) is 38.2 Å². The maximum absolute atomic E-state index is 12.6. The van der Waals surface area contributed by atoms with Crippen LogP contribution in [0.15, 0.2) is 30.6 Å². The minimum Gasteiger partial charge on any atom is -0.378 e. The quantitative estimate of drug-likeness (QED) is 0.593. The van der Waals surface area contributed by atoms with Crippen LogP contribution in [0, 0.1) is 0 Å². The van der Waals surface area contributed by atoms with Gasteiger partial charge in [-0.05, 0) is 31.4 Å². The smallest absolute Gasteiger partial charge is 0.374 e.